The molecule has 2 heterocycles. The lowest BCUT2D eigenvalue weighted by Crippen LogP contribution is -1.97. The summed E-state index contributed by atoms with van der Waals surface area (Å²) in [6.45, 7) is 1.96. The third kappa shape index (κ3) is 1.27. The number of aryl methyl sites for hydroxylation is 1. The molecule has 2 aromatic heterocycles. The number of methoxy groups -OCH3 is 1. The van der Waals surface area contributed by atoms with Crippen molar-refractivity contribution in [2.45, 2.75) is 6.92 Å². The number of ether oxygens (including phenoxy) is 1. The van der Waals surface area contributed by atoms with Crippen LogP contribution in [-0.2, 0) is 0 Å². The van der Waals surface area contributed by atoms with Crippen LogP contribution >= 0.6 is 0 Å². The van der Waals surface area contributed by atoms with E-state index in [1.54, 1.807) is 12.3 Å². The van der Waals surface area contributed by atoms with Crippen molar-refractivity contribution >= 4 is 21.9 Å². The third-order valence-electron chi connectivity index (χ3n) is 2.92. The number of furan rings is 1. The van der Waals surface area contributed by atoms with Crippen molar-refractivity contribution in [2.24, 2.45) is 0 Å². The van der Waals surface area contributed by atoms with Gasteiger partial charge in [-0.1, -0.05) is 0 Å². The molecule has 17 heavy (non-hydrogen) atoms. The molecule has 0 aliphatic heterocycles. The highest BCUT2D eigenvalue weighted by Gasteiger charge is 2.16. The fraction of sp³-hybridized carbons (Fsp3) is 0.154. The molecule has 86 valence electrons. The molecule has 0 spiro atoms. The lowest BCUT2D eigenvalue weighted by molar-refractivity contribution is 0.402. The molecule has 0 fully saturated rings. The molecule has 0 aliphatic carbocycles. The molecule has 0 atom stereocenters. The Hall–Kier alpha value is -2.23. The van der Waals surface area contributed by atoms with Crippen molar-refractivity contribution < 1.29 is 13.6 Å². The Morgan fingerprint density at radius 2 is 1.88 bits per heavy atom. The molecule has 0 amide bonds. The minimum atomic E-state index is -0.402. The first-order chi connectivity index (χ1) is 8.22. The fourth-order valence-electron chi connectivity index (χ4n) is 2.09. The molecule has 1 aromatic carbocycles. The van der Waals surface area contributed by atoms with Crippen molar-refractivity contribution in [3.8, 4) is 5.75 Å². The molecule has 0 aliphatic rings. The minimum Gasteiger partial charge on any atom is -0.490 e. The van der Waals surface area contributed by atoms with E-state index in [4.69, 9.17) is 13.6 Å². The zero-order valence-corrected chi connectivity index (χ0v) is 9.44. The van der Waals surface area contributed by atoms with Gasteiger partial charge in [-0.25, -0.2) is 4.79 Å². The van der Waals surface area contributed by atoms with Crippen molar-refractivity contribution in [1.29, 1.82) is 0 Å². The van der Waals surface area contributed by atoms with E-state index in [1.165, 1.54) is 13.2 Å². The summed E-state index contributed by atoms with van der Waals surface area (Å²) < 4.78 is 15.9. The van der Waals surface area contributed by atoms with Crippen molar-refractivity contribution in [3.63, 3.8) is 0 Å². The molecule has 0 saturated heterocycles. The van der Waals surface area contributed by atoms with E-state index < -0.39 is 5.63 Å². The van der Waals surface area contributed by atoms with Crippen LogP contribution in [-0.4, -0.2) is 7.11 Å². The minimum absolute atomic E-state index is 0.402. The first-order valence-electron chi connectivity index (χ1n) is 5.20. The molecule has 0 N–H and O–H groups in total. The normalized spacial score (nSPS) is 11.2. The Bertz CT molecular complexity index is 764. The molecule has 3 aromatic rings. The second-order valence-electron chi connectivity index (χ2n) is 3.82. The number of rotatable bonds is 1. The Morgan fingerprint density at radius 3 is 2.65 bits per heavy atom. The largest absolute Gasteiger partial charge is 0.490 e. The highest BCUT2D eigenvalue weighted by molar-refractivity contribution is 6.03. The zero-order chi connectivity index (χ0) is 12.0. The summed E-state index contributed by atoms with van der Waals surface area (Å²) in [5.74, 6) is 0.461. The Kier molecular flexibility index (Phi) is 1.98. The fourth-order valence-corrected chi connectivity index (χ4v) is 2.09. The second-order valence-corrected chi connectivity index (χ2v) is 3.82. The van der Waals surface area contributed by atoms with E-state index in [1.807, 2.05) is 13.0 Å². The highest BCUT2D eigenvalue weighted by Crippen LogP contribution is 2.37. The van der Waals surface area contributed by atoms with Crippen LogP contribution in [0.3, 0.4) is 0 Å². The van der Waals surface area contributed by atoms with Gasteiger partial charge in [-0.05, 0) is 24.6 Å². The van der Waals surface area contributed by atoms with Gasteiger partial charge in [0.2, 0.25) is 5.75 Å². The standard InChI is InChI=1S/C13H10O4/c1-7-8-3-4-10(14)17-12(8)13(15-2)11-9(7)5-6-16-11/h3-6H,1-2H3. The summed E-state index contributed by atoms with van der Waals surface area (Å²) in [5, 5.41) is 1.82. The Labute approximate surface area is 96.4 Å². The number of benzene rings is 1. The highest BCUT2D eigenvalue weighted by atomic mass is 16.5. The number of hydrogen-bond acceptors (Lipinski definition) is 4. The van der Waals surface area contributed by atoms with E-state index in [0.717, 1.165) is 16.3 Å². The van der Waals surface area contributed by atoms with Crippen molar-refractivity contribution in [2.75, 3.05) is 7.11 Å². The third-order valence-corrected chi connectivity index (χ3v) is 2.92. The first kappa shape index (κ1) is 9.96. The van der Waals surface area contributed by atoms with Gasteiger partial charge in [0.05, 0.1) is 13.4 Å². The summed E-state index contributed by atoms with van der Waals surface area (Å²) in [4.78, 5) is 11.3. The maximum atomic E-state index is 11.3. The van der Waals surface area contributed by atoms with Crippen LogP contribution in [0.25, 0.3) is 21.9 Å². The van der Waals surface area contributed by atoms with Gasteiger partial charge < -0.3 is 13.6 Å². The molecule has 0 saturated carbocycles. The molecule has 0 unspecified atom stereocenters. The molecule has 0 radical (unpaired) electrons. The summed E-state index contributed by atoms with van der Waals surface area (Å²) >= 11 is 0. The van der Waals surface area contributed by atoms with Gasteiger partial charge in [0.1, 0.15) is 0 Å². The maximum Gasteiger partial charge on any atom is 0.336 e. The van der Waals surface area contributed by atoms with Gasteiger partial charge in [0.25, 0.3) is 0 Å². The molecule has 0 bridgehead atoms. The van der Waals surface area contributed by atoms with Crippen LogP contribution in [0, 0.1) is 6.92 Å². The Balaban J connectivity index is 2.66. The predicted octanol–water partition coefficient (Wildman–Crippen LogP) is 2.86. The lowest BCUT2D eigenvalue weighted by atomic mass is 10.1. The molecule has 4 heteroatoms. The van der Waals surface area contributed by atoms with Crippen molar-refractivity contribution in [1.82, 2.24) is 0 Å². The van der Waals surface area contributed by atoms with Gasteiger partial charge in [0, 0.05) is 16.8 Å². The average Bonchev–Trinajstić information content (AvgIpc) is 2.79. The SMILES string of the molecule is COc1c2occc2c(C)c2ccc(=O)oc12. The van der Waals surface area contributed by atoms with E-state index in [2.05, 4.69) is 0 Å². The number of fused-ring (bicyclic) bond motifs is 2. The topological polar surface area (TPSA) is 52.6 Å². The van der Waals surface area contributed by atoms with Crippen molar-refractivity contribution in [3.05, 3.63) is 40.4 Å². The predicted molar refractivity (Wildman–Crippen MR) is 63.5 cm³/mol. The second kappa shape index (κ2) is 3.38. The van der Waals surface area contributed by atoms with Gasteiger partial charge >= 0.3 is 5.63 Å². The molecular formula is C13H10O4. The van der Waals surface area contributed by atoms with E-state index in [9.17, 15) is 4.79 Å². The van der Waals surface area contributed by atoms with Gasteiger partial charge in [0.15, 0.2) is 11.2 Å². The van der Waals surface area contributed by atoms with E-state index >= 15 is 0 Å². The smallest absolute Gasteiger partial charge is 0.336 e. The monoisotopic (exact) mass is 230 g/mol. The average molecular weight is 230 g/mol. The summed E-state index contributed by atoms with van der Waals surface area (Å²) in [5.41, 5.74) is 1.64. The van der Waals surface area contributed by atoms with Gasteiger partial charge in [-0.3, -0.25) is 0 Å². The summed E-state index contributed by atoms with van der Waals surface area (Å²) in [6.07, 6.45) is 1.59. The van der Waals surface area contributed by atoms with Crippen LogP contribution in [0.2, 0.25) is 0 Å². The quantitative estimate of drug-likeness (QED) is 0.603. The maximum absolute atomic E-state index is 11.3. The summed E-state index contributed by atoms with van der Waals surface area (Å²) in [6, 6.07) is 5.02. The zero-order valence-electron chi connectivity index (χ0n) is 9.44. The van der Waals surface area contributed by atoms with Crippen LogP contribution in [0.15, 0.2) is 38.1 Å². The van der Waals surface area contributed by atoms with Crippen LogP contribution < -0.4 is 10.4 Å². The van der Waals surface area contributed by atoms with E-state index in [0.29, 0.717) is 16.9 Å². The van der Waals surface area contributed by atoms with Crippen LogP contribution in [0.4, 0.5) is 0 Å². The van der Waals surface area contributed by atoms with Crippen LogP contribution in [0.1, 0.15) is 5.56 Å². The number of hydrogen-bond donors (Lipinski definition) is 0. The van der Waals surface area contributed by atoms with E-state index in [-0.39, 0.29) is 0 Å². The first-order valence-corrected chi connectivity index (χ1v) is 5.20. The molecule has 4 nitrogen and oxygen atoms in total. The molecule has 3 rings (SSSR count). The lowest BCUT2D eigenvalue weighted by Gasteiger charge is -2.07. The van der Waals surface area contributed by atoms with Gasteiger partial charge in [-0.2, -0.15) is 0 Å². The molecular weight excluding hydrogens is 220 g/mol. The van der Waals surface area contributed by atoms with Gasteiger partial charge in [-0.15, -0.1) is 0 Å². The summed E-state index contributed by atoms with van der Waals surface area (Å²) in [7, 11) is 1.53. The Morgan fingerprint density at radius 1 is 1.12 bits per heavy atom. The van der Waals surface area contributed by atoms with Crippen LogP contribution in [0.5, 0.6) is 5.75 Å².